The van der Waals surface area contributed by atoms with Crippen LogP contribution in [0.1, 0.15) is 31.4 Å². The van der Waals surface area contributed by atoms with E-state index in [0.717, 1.165) is 12.8 Å². The smallest absolute Gasteiger partial charge is 0.179 e. The van der Waals surface area contributed by atoms with E-state index in [0.29, 0.717) is 5.56 Å². The first-order chi connectivity index (χ1) is 6.57. The van der Waals surface area contributed by atoms with Gasteiger partial charge in [0.25, 0.3) is 0 Å². The van der Waals surface area contributed by atoms with Gasteiger partial charge in [0.15, 0.2) is 11.6 Å². The molecule has 0 bridgehead atoms. The third kappa shape index (κ3) is 3.33. The molecule has 0 spiro atoms. The van der Waals surface area contributed by atoms with E-state index in [1.54, 1.807) is 12.1 Å². The summed E-state index contributed by atoms with van der Waals surface area (Å²) in [6.45, 7) is 1.99. The Labute approximate surface area is 103 Å². The van der Waals surface area contributed by atoms with Crippen LogP contribution in [0.3, 0.4) is 0 Å². The Bertz CT molecular complexity index is 335. The molecule has 0 aliphatic rings. The zero-order valence-corrected chi connectivity index (χ0v) is 10.7. The van der Waals surface area contributed by atoms with Gasteiger partial charge in [-0.25, -0.2) is 4.39 Å². The van der Waals surface area contributed by atoms with Gasteiger partial charge in [-0.15, -0.1) is 12.4 Å². The van der Waals surface area contributed by atoms with Crippen LogP contribution in [0.4, 0.5) is 4.39 Å². The molecule has 0 aliphatic carbocycles. The van der Waals surface area contributed by atoms with E-state index in [-0.39, 0.29) is 28.7 Å². The van der Waals surface area contributed by atoms with Gasteiger partial charge in [0.05, 0.1) is 4.47 Å². The van der Waals surface area contributed by atoms with Gasteiger partial charge >= 0.3 is 0 Å². The second-order valence-corrected chi connectivity index (χ2v) is 4.05. The summed E-state index contributed by atoms with van der Waals surface area (Å²) in [4.78, 5) is 0. The summed E-state index contributed by atoms with van der Waals surface area (Å²) in [7, 11) is 0. The summed E-state index contributed by atoms with van der Waals surface area (Å²) in [6.07, 6.45) is 1.63. The Morgan fingerprint density at radius 2 is 2.13 bits per heavy atom. The van der Waals surface area contributed by atoms with E-state index >= 15 is 0 Å². The minimum Gasteiger partial charge on any atom is -0.505 e. The lowest BCUT2D eigenvalue weighted by Gasteiger charge is -2.13. The molecule has 1 atom stereocenters. The second kappa shape index (κ2) is 6.30. The van der Waals surface area contributed by atoms with E-state index in [9.17, 15) is 9.50 Å². The van der Waals surface area contributed by atoms with Crippen molar-refractivity contribution in [2.75, 3.05) is 0 Å². The van der Waals surface area contributed by atoms with Gasteiger partial charge in [-0.2, -0.15) is 0 Å². The maximum atomic E-state index is 13.2. The third-order valence-corrected chi connectivity index (χ3v) is 2.71. The topological polar surface area (TPSA) is 46.2 Å². The first-order valence-electron chi connectivity index (χ1n) is 4.50. The van der Waals surface area contributed by atoms with E-state index in [1.165, 1.54) is 0 Å². The van der Waals surface area contributed by atoms with Crippen molar-refractivity contribution in [3.63, 3.8) is 0 Å². The Kier molecular flexibility index (Phi) is 6.17. The molecule has 0 unspecified atom stereocenters. The monoisotopic (exact) mass is 297 g/mol. The highest BCUT2D eigenvalue weighted by Crippen LogP contribution is 2.32. The summed E-state index contributed by atoms with van der Waals surface area (Å²) in [5, 5.41) is 9.49. The van der Waals surface area contributed by atoms with Gasteiger partial charge in [0, 0.05) is 11.6 Å². The van der Waals surface area contributed by atoms with Crippen LogP contribution in [-0.4, -0.2) is 5.11 Å². The van der Waals surface area contributed by atoms with Crippen molar-refractivity contribution >= 4 is 28.3 Å². The van der Waals surface area contributed by atoms with Crippen LogP contribution >= 0.6 is 28.3 Å². The number of rotatable bonds is 3. The zero-order valence-electron chi connectivity index (χ0n) is 8.34. The molecular formula is C10H14BrClFNO. The van der Waals surface area contributed by atoms with Gasteiger partial charge in [-0.1, -0.05) is 19.4 Å². The first kappa shape index (κ1) is 14.7. The standard InChI is InChI=1S/C10H13BrFNO.ClH/c1-2-3-8(13)6-4-5-7(11)9(12)10(6)14;/h4-5,8,14H,2-3,13H2,1H3;1H/t8-;/m1./s1. The molecule has 0 fully saturated rings. The van der Waals surface area contributed by atoms with E-state index in [2.05, 4.69) is 15.9 Å². The maximum Gasteiger partial charge on any atom is 0.179 e. The van der Waals surface area contributed by atoms with Crippen LogP contribution < -0.4 is 5.73 Å². The average Bonchev–Trinajstić information content (AvgIpc) is 2.15. The highest BCUT2D eigenvalue weighted by atomic mass is 79.9. The molecule has 1 aromatic rings. The summed E-state index contributed by atoms with van der Waals surface area (Å²) in [5.41, 5.74) is 6.25. The number of phenols is 1. The van der Waals surface area contributed by atoms with Crippen molar-refractivity contribution in [3.8, 4) is 5.75 Å². The number of hydrogen-bond donors (Lipinski definition) is 2. The number of nitrogens with two attached hydrogens (primary N) is 1. The lowest BCUT2D eigenvalue weighted by molar-refractivity contribution is 0.416. The van der Waals surface area contributed by atoms with Gasteiger partial charge < -0.3 is 10.8 Å². The fourth-order valence-corrected chi connectivity index (χ4v) is 1.64. The molecule has 0 amide bonds. The summed E-state index contributed by atoms with van der Waals surface area (Å²) >= 11 is 2.99. The van der Waals surface area contributed by atoms with Gasteiger partial charge in [0.1, 0.15) is 0 Å². The van der Waals surface area contributed by atoms with Crippen molar-refractivity contribution in [3.05, 3.63) is 28.0 Å². The Morgan fingerprint density at radius 3 is 2.67 bits per heavy atom. The van der Waals surface area contributed by atoms with Crippen molar-refractivity contribution in [2.24, 2.45) is 5.73 Å². The fraction of sp³-hybridized carbons (Fsp3) is 0.400. The molecule has 5 heteroatoms. The molecule has 86 valence electrons. The van der Waals surface area contributed by atoms with Crippen molar-refractivity contribution in [1.82, 2.24) is 0 Å². The largest absolute Gasteiger partial charge is 0.505 e. The summed E-state index contributed by atoms with van der Waals surface area (Å²) < 4.78 is 13.5. The molecule has 0 heterocycles. The molecule has 2 nitrogen and oxygen atoms in total. The van der Waals surface area contributed by atoms with Crippen molar-refractivity contribution < 1.29 is 9.50 Å². The SMILES string of the molecule is CCC[C@@H](N)c1ccc(Br)c(F)c1O.Cl. The highest BCUT2D eigenvalue weighted by molar-refractivity contribution is 9.10. The number of benzene rings is 1. The summed E-state index contributed by atoms with van der Waals surface area (Å²) in [6, 6.07) is 2.89. The zero-order chi connectivity index (χ0) is 10.7. The normalized spacial score (nSPS) is 12.0. The van der Waals surface area contributed by atoms with E-state index in [1.807, 2.05) is 6.92 Å². The molecule has 0 aliphatic heterocycles. The molecular weight excluding hydrogens is 284 g/mol. The van der Waals surface area contributed by atoms with Gasteiger partial charge in [-0.05, 0) is 28.4 Å². The van der Waals surface area contributed by atoms with E-state index in [4.69, 9.17) is 5.73 Å². The van der Waals surface area contributed by atoms with Crippen LogP contribution in [0.2, 0.25) is 0 Å². The van der Waals surface area contributed by atoms with Crippen molar-refractivity contribution in [1.29, 1.82) is 0 Å². The number of phenolic OH excluding ortho intramolecular Hbond substituents is 1. The number of hydrogen-bond acceptors (Lipinski definition) is 2. The van der Waals surface area contributed by atoms with E-state index < -0.39 is 5.82 Å². The van der Waals surface area contributed by atoms with Gasteiger partial charge in [0.2, 0.25) is 0 Å². The maximum absolute atomic E-state index is 13.2. The molecule has 0 radical (unpaired) electrons. The second-order valence-electron chi connectivity index (χ2n) is 3.19. The van der Waals surface area contributed by atoms with Crippen LogP contribution in [-0.2, 0) is 0 Å². The Balaban J connectivity index is 0.00000196. The number of halogens is 3. The predicted molar refractivity (Wildman–Crippen MR) is 64.8 cm³/mol. The molecule has 3 N–H and O–H groups in total. The average molecular weight is 299 g/mol. The molecule has 1 aromatic carbocycles. The molecule has 1 rings (SSSR count). The molecule has 0 aromatic heterocycles. The highest BCUT2D eigenvalue weighted by Gasteiger charge is 2.15. The van der Waals surface area contributed by atoms with Gasteiger partial charge in [-0.3, -0.25) is 0 Å². The Morgan fingerprint density at radius 1 is 1.53 bits per heavy atom. The fourth-order valence-electron chi connectivity index (χ4n) is 1.32. The molecule has 0 saturated carbocycles. The lowest BCUT2D eigenvalue weighted by atomic mass is 10.0. The van der Waals surface area contributed by atoms with Crippen LogP contribution in [0.5, 0.6) is 5.75 Å². The summed E-state index contributed by atoms with van der Waals surface area (Å²) in [5.74, 6) is -0.991. The predicted octanol–water partition coefficient (Wildman–Crippen LogP) is 3.52. The lowest BCUT2D eigenvalue weighted by Crippen LogP contribution is -2.10. The minimum atomic E-state index is -0.644. The van der Waals surface area contributed by atoms with Crippen LogP contribution in [0.25, 0.3) is 0 Å². The Hall–Kier alpha value is -0.320. The third-order valence-electron chi connectivity index (χ3n) is 2.10. The van der Waals surface area contributed by atoms with Crippen LogP contribution in [0, 0.1) is 5.82 Å². The number of aromatic hydroxyl groups is 1. The first-order valence-corrected chi connectivity index (χ1v) is 5.29. The molecule has 15 heavy (non-hydrogen) atoms. The minimum absolute atomic E-state index is 0. The van der Waals surface area contributed by atoms with Crippen LogP contribution in [0.15, 0.2) is 16.6 Å². The molecule has 0 saturated heterocycles. The quantitative estimate of drug-likeness (QED) is 0.897. The van der Waals surface area contributed by atoms with Crippen molar-refractivity contribution in [2.45, 2.75) is 25.8 Å².